The van der Waals surface area contributed by atoms with Crippen LogP contribution in [0.4, 0.5) is 24.7 Å². The van der Waals surface area contributed by atoms with Crippen molar-refractivity contribution in [2.24, 2.45) is 0 Å². The highest BCUT2D eigenvalue weighted by Gasteiger charge is 2.38. The van der Waals surface area contributed by atoms with Gasteiger partial charge in [0.15, 0.2) is 0 Å². The number of anilines is 2. The average molecular weight is 549 g/mol. The minimum Gasteiger partial charge on any atom is -0.495 e. The molecule has 3 aromatic rings. The highest BCUT2D eigenvalue weighted by Crippen LogP contribution is 2.49. The maximum absolute atomic E-state index is 13.9. The smallest absolute Gasteiger partial charge is 0.418 e. The molecule has 6 rings (SSSR count). The van der Waals surface area contributed by atoms with E-state index in [0.717, 1.165) is 63.5 Å². The van der Waals surface area contributed by atoms with Gasteiger partial charge >= 0.3 is 6.18 Å². The van der Waals surface area contributed by atoms with Crippen molar-refractivity contribution in [2.75, 3.05) is 51.1 Å². The van der Waals surface area contributed by atoms with Crippen molar-refractivity contribution in [3.8, 4) is 5.75 Å². The number of ether oxygens (including phenoxy) is 2. The van der Waals surface area contributed by atoms with Gasteiger partial charge in [-0.3, -0.25) is 4.90 Å². The molecule has 204 valence electrons. The molecular weight excluding hydrogens is 516 g/mol. The number of nitrogens with zero attached hydrogens (tertiary/aromatic N) is 2. The van der Waals surface area contributed by atoms with Crippen LogP contribution in [0.2, 0.25) is 0 Å². The van der Waals surface area contributed by atoms with Gasteiger partial charge in [-0.25, -0.2) is 4.98 Å². The zero-order valence-electron chi connectivity index (χ0n) is 21.3. The number of rotatable bonds is 6. The number of aromatic amines is 1. The zero-order chi connectivity index (χ0) is 26.5. The van der Waals surface area contributed by atoms with Crippen molar-refractivity contribution >= 4 is 35.0 Å². The van der Waals surface area contributed by atoms with Crippen LogP contribution in [0.1, 0.15) is 42.7 Å². The van der Waals surface area contributed by atoms with Crippen LogP contribution in [0, 0.1) is 0 Å². The van der Waals surface area contributed by atoms with E-state index in [9.17, 15) is 17.7 Å². The Labute approximate surface area is 219 Å². The van der Waals surface area contributed by atoms with E-state index >= 15 is 0 Å². The molecule has 1 aromatic carbocycles. The summed E-state index contributed by atoms with van der Waals surface area (Å²) in [5, 5.41) is 4.18. The van der Waals surface area contributed by atoms with Crippen molar-refractivity contribution in [3.05, 3.63) is 41.6 Å². The van der Waals surface area contributed by atoms with E-state index in [4.69, 9.17) is 9.47 Å². The molecule has 0 bridgehead atoms. The molecule has 2 aliphatic heterocycles. The molecule has 1 saturated carbocycles. The predicted octanol–water partition coefficient (Wildman–Crippen LogP) is 5.69. The van der Waals surface area contributed by atoms with Crippen molar-refractivity contribution in [1.82, 2.24) is 14.9 Å². The van der Waals surface area contributed by atoms with E-state index < -0.39 is 18.9 Å². The van der Waals surface area contributed by atoms with Crippen LogP contribution in [-0.4, -0.2) is 66.6 Å². The van der Waals surface area contributed by atoms with Crippen LogP contribution in [0.25, 0.3) is 11.0 Å². The highest BCUT2D eigenvalue weighted by molar-refractivity contribution is 7.71. The fourth-order valence-corrected chi connectivity index (χ4v) is 8.42. The van der Waals surface area contributed by atoms with E-state index in [0.29, 0.717) is 41.2 Å². The maximum Gasteiger partial charge on any atom is 0.418 e. The van der Waals surface area contributed by atoms with Gasteiger partial charge in [0.2, 0.25) is 0 Å². The van der Waals surface area contributed by atoms with Crippen LogP contribution in [-0.2, 0) is 15.5 Å². The lowest BCUT2D eigenvalue weighted by Crippen LogP contribution is -2.45. The summed E-state index contributed by atoms with van der Waals surface area (Å²) in [6.45, 7) is 3.21. The fourth-order valence-electron chi connectivity index (χ4n) is 5.82. The molecule has 0 spiro atoms. The van der Waals surface area contributed by atoms with Crippen LogP contribution < -0.4 is 15.4 Å². The zero-order valence-corrected chi connectivity index (χ0v) is 22.2. The molecule has 2 aromatic heterocycles. The number of nitrogens with one attached hydrogen (secondary N) is 2. The standard InChI is InChI=1S/C27H32F3N4O3P/c1-36-23-14-19(38(35)12-8-34(9-13-38)18-6-10-37-11-7-18)4-5-22(23)32-24-15-20(17-2-3-17)25-21(27(28,29)30)16-31-26(25)33-24/h4-5,14-18H,2-3,6-13H2,1H3,(H2,31,32,33). The first-order valence-corrected chi connectivity index (χ1v) is 15.3. The Kier molecular flexibility index (Phi) is 6.69. The lowest BCUT2D eigenvalue weighted by atomic mass is 10.0. The van der Waals surface area contributed by atoms with Gasteiger partial charge in [-0.2, -0.15) is 13.2 Å². The molecule has 0 amide bonds. The highest BCUT2D eigenvalue weighted by atomic mass is 31.2. The number of pyridine rings is 1. The normalized spacial score (nSPS) is 21.1. The first kappa shape index (κ1) is 25.7. The van der Waals surface area contributed by atoms with Gasteiger partial charge in [0, 0.05) is 61.6 Å². The molecule has 0 radical (unpaired) electrons. The third kappa shape index (κ3) is 4.94. The molecule has 3 aliphatic rings. The van der Waals surface area contributed by atoms with Crippen LogP contribution in [0.3, 0.4) is 0 Å². The summed E-state index contributed by atoms with van der Waals surface area (Å²) in [7, 11) is -1.01. The maximum atomic E-state index is 13.9. The molecule has 7 nitrogen and oxygen atoms in total. The fraction of sp³-hybridized carbons (Fsp3) is 0.519. The summed E-state index contributed by atoms with van der Waals surface area (Å²) in [5.74, 6) is 1.07. The number of fused-ring (bicyclic) bond motifs is 1. The number of benzene rings is 1. The summed E-state index contributed by atoms with van der Waals surface area (Å²) in [6.07, 6.45) is 1.60. The number of methoxy groups -OCH3 is 1. The molecular formula is C27H32F3N4O3P. The molecule has 1 aliphatic carbocycles. The Bertz CT molecular complexity index is 1370. The molecule has 3 fully saturated rings. The minimum atomic E-state index is -4.45. The first-order chi connectivity index (χ1) is 18.2. The van der Waals surface area contributed by atoms with Gasteiger partial charge in [0.1, 0.15) is 24.4 Å². The second-order valence-corrected chi connectivity index (χ2v) is 13.7. The quantitative estimate of drug-likeness (QED) is 0.385. The number of hydrogen-bond donors (Lipinski definition) is 2. The third-order valence-corrected chi connectivity index (χ3v) is 11.2. The molecule has 0 atom stereocenters. The molecule has 4 heterocycles. The molecule has 2 N–H and O–H groups in total. The largest absolute Gasteiger partial charge is 0.495 e. The summed E-state index contributed by atoms with van der Waals surface area (Å²) in [4.78, 5) is 9.60. The Morgan fingerprint density at radius 1 is 1.13 bits per heavy atom. The van der Waals surface area contributed by atoms with Crippen LogP contribution >= 0.6 is 7.14 Å². The second kappa shape index (κ2) is 9.88. The van der Waals surface area contributed by atoms with E-state index in [-0.39, 0.29) is 17.0 Å². The Balaban J connectivity index is 1.24. The average Bonchev–Trinajstić information content (AvgIpc) is 3.67. The van der Waals surface area contributed by atoms with Crippen LogP contribution in [0.15, 0.2) is 30.5 Å². The van der Waals surface area contributed by atoms with Crippen molar-refractivity contribution in [3.63, 3.8) is 0 Å². The van der Waals surface area contributed by atoms with Gasteiger partial charge in [0.05, 0.1) is 18.4 Å². The molecule has 38 heavy (non-hydrogen) atoms. The summed E-state index contributed by atoms with van der Waals surface area (Å²) < 4.78 is 65.8. The van der Waals surface area contributed by atoms with Crippen molar-refractivity contribution in [1.29, 1.82) is 0 Å². The Morgan fingerprint density at radius 3 is 2.53 bits per heavy atom. The monoisotopic (exact) mass is 548 g/mol. The first-order valence-electron chi connectivity index (χ1n) is 13.2. The van der Waals surface area contributed by atoms with E-state index in [1.165, 1.54) is 0 Å². The van der Waals surface area contributed by atoms with Crippen LogP contribution in [0.5, 0.6) is 5.75 Å². The number of hydrogen-bond acceptors (Lipinski definition) is 6. The number of halogens is 3. The van der Waals surface area contributed by atoms with Gasteiger partial charge in [-0.1, -0.05) is 0 Å². The van der Waals surface area contributed by atoms with Gasteiger partial charge in [-0.15, -0.1) is 0 Å². The number of H-pyrrole nitrogens is 1. The third-order valence-electron chi connectivity index (χ3n) is 8.12. The summed E-state index contributed by atoms with van der Waals surface area (Å²) in [6, 6.07) is 7.77. The van der Waals surface area contributed by atoms with E-state index in [1.807, 2.05) is 18.2 Å². The van der Waals surface area contributed by atoms with E-state index in [1.54, 1.807) is 13.2 Å². The summed E-state index contributed by atoms with van der Waals surface area (Å²) >= 11 is 0. The van der Waals surface area contributed by atoms with Gasteiger partial charge in [0.25, 0.3) is 0 Å². The summed E-state index contributed by atoms with van der Waals surface area (Å²) in [5.41, 5.74) is 0.811. The second-order valence-electron chi connectivity index (χ2n) is 10.5. The van der Waals surface area contributed by atoms with Gasteiger partial charge < -0.3 is 24.3 Å². The van der Waals surface area contributed by atoms with E-state index in [2.05, 4.69) is 20.2 Å². The van der Waals surface area contributed by atoms with Crippen molar-refractivity contribution in [2.45, 2.75) is 43.8 Å². The Morgan fingerprint density at radius 2 is 1.87 bits per heavy atom. The Hall–Kier alpha value is -2.55. The number of alkyl halides is 3. The molecule has 11 heteroatoms. The number of aromatic nitrogens is 2. The molecule has 0 unspecified atom stereocenters. The lowest BCUT2D eigenvalue weighted by Gasteiger charge is -2.39. The van der Waals surface area contributed by atoms with Crippen molar-refractivity contribution < 1.29 is 27.2 Å². The molecule has 2 saturated heterocycles. The minimum absolute atomic E-state index is 0.0966. The lowest BCUT2D eigenvalue weighted by molar-refractivity contribution is -0.136. The predicted molar refractivity (Wildman–Crippen MR) is 142 cm³/mol. The SMILES string of the molecule is COc1cc(P2(=O)CCN(C3CCOCC3)CC2)ccc1Nc1cc(C2CC2)c2c(C(F)(F)F)c[nH]c2n1. The topological polar surface area (TPSA) is 79.5 Å². The van der Waals surface area contributed by atoms with Gasteiger partial charge in [-0.05, 0) is 61.4 Å².